The van der Waals surface area contributed by atoms with Crippen LogP contribution in [0.2, 0.25) is 0 Å². The molecule has 2 heteroatoms. The average Bonchev–Trinajstić information content (AvgIpc) is 1.88. The van der Waals surface area contributed by atoms with E-state index in [1.807, 2.05) is 0 Å². The van der Waals surface area contributed by atoms with Crippen LogP contribution in [0.3, 0.4) is 0 Å². The van der Waals surface area contributed by atoms with Crippen molar-refractivity contribution in [3.8, 4) is 0 Å². The zero-order valence-corrected chi connectivity index (χ0v) is 6.83. The predicted octanol–water partition coefficient (Wildman–Crippen LogP) is 2.27. The van der Waals surface area contributed by atoms with Crippen molar-refractivity contribution >= 4 is 36.2 Å². The zero-order chi connectivity index (χ0) is 6.83. The molecule has 0 spiro atoms. The van der Waals surface area contributed by atoms with E-state index in [-0.39, 0.29) is 39.1 Å². The molecule has 0 aromatic carbocycles. The van der Waals surface area contributed by atoms with Gasteiger partial charge in [0.25, 0.3) is 0 Å². The van der Waals surface area contributed by atoms with Crippen LogP contribution < -0.4 is 0 Å². The fourth-order valence-corrected chi connectivity index (χ4v) is 0. The molecule has 0 aliphatic carbocycles. The molecule has 0 fully saturated rings. The Bertz CT molecular complexity index is 25.0. The van der Waals surface area contributed by atoms with Gasteiger partial charge in [0.15, 0.2) is 17.4 Å². The summed E-state index contributed by atoms with van der Waals surface area (Å²) >= 11 is 0. The van der Waals surface area contributed by atoms with Crippen LogP contribution in [0.25, 0.3) is 0 Å². The predicted molar refractivity (Wildman–Crippen MR) is 62.5 cm³/mol. The molecule has 0 aliphatic rings. The van der Waals surface area contributed by atoms with Gasteiger partial charge in [0.1, 0.15) is 0 Å². The Labute approximate surface area is 92.4 Å². The van der Waals surface area contributed by atoms with Crippen molar-refractivity contribution in [3.05, 3.63) is 0 Å². The normalized spacial score (nSPS) is 6.00. The Kier molecular flexibility index (Phi) is 72.1. The van der Waals surface area contributed by atoms with Crippen LogP contribution in [-0.4, -0.2) is 36.2 Å². The second kappa shape index (κ2) is 32.1. The van der Waals surface area contributed by atoms with Crippen molar-refractivity contribution in [1.82, 2.24) is 0 Å². The first-order valence-electron chi connectivity index (χ1n) is 3.83. The van der Waals surface area contributed by atoms with E-state index in [1.54, 1.807) is 0 Å². The third-order valence-electron chi connectivity index (χ3n) is 1.000. The molecule has 0 aromatic rings. The van der Waals surface area contributed by atoms with E-state index in [9.17, 15) is 0 Å². The molecular formula is C8H28AlLi. The van der Waals surface area contributed by atoms with Gasteiger partial charge < -0.3 is 0 Å². The van der Waals surface area contributed by atoms with Gasteiger partial charge in [-0.2, -0.15) is 0 Å². The molecule has 64 valence electrons. The first-order chi connectivity index (χ1) is 3.83. The molecule has 0 aliphatic heterocycles. The first kappa shape index (κ1) is 22.5. The van der Waals surface area contributed by atoms with Gasteiger partial charge >= 0.3 is 18.9 Å². The van der Waals surface area contributed by atoms with Crippen molar-refractivity contribution in [2.24, 2.45) is 0 Å². The third-order valence-corrected chi connectivity index (χ3v) is 1.000. The molecule has 0 aromatic heterocycles. The fourth-order valence-electron chi connectivity index (χ4n) is 0. The second-order valence-electron chi connectivity index (χ2n) is 2.00. The molecular weight excluding hydrogens is 130 g/mol. The van der Waals surface area contributed by atoms with Crippen molar-refractivity contribution in [2.45, 2.75) is 53.4 Å². The molecule has 0 radical (unpaired) electrons. The Morgan fingerprint density at radius 3 is 0.800 bits per heavy atom. The van der Waals surface area contributed by atoms with Crippen molar-refractivity contribution in [2.75, 3.05) is 0 Å². The van der Waals surface area contributed by atoms with Crippen LogP contribution in [0.4, 0.5) is 0 Å². The van der Waals surface area contributed by atoms with Crippen LogP contribution in [0, 0.1) is 0 Å². The topological polar surface area (TPSA) is 0 Å². The van der Waals surface area contributed by atoms with Crippen LogP contribution >= 0.6 is 0 Å². The molecule has 0 amide bonds. The molecule has 0 unspecified atom stereocenters. The molecule has 0 saturated heterocycles. The summed E-state index contributed by atoms with van der Waals surface area (Å²) in [6, 6.07) is 0. The maximum atomic E-state index is 2.18. The quantitative estimate of drug-likeness (QED) is 0.541. The SMILES string of the molecule is CCCC.CCCC.[AlH3].[HH].[HH].[LiH]. The Morgan fingerprint density at radius 1 is 0.700 bits per heavy atom. The summed E-state index contributed by atoms with van der Waals surface area (Å²) in [5.41, 5.74) is 0. The third kappa shape index (κ3) is 61.6. The number of hydrogen-bond acceptors (Lipinski definition) is 0. The zero-order valence-electron chi connectivity index (χ0n) is 6.83. The van der Waals surface area contributed by atoms with Gasteiger partial charge in [-0.05, 0) is 0 Å². The molecule has 10 heavy (non-hydrogen) atoms. The Balaban J connectivity index is -0.0000000112. The van der Waals surface area contributed by atoms with E-state index in [0.717, 1.165) is 0 Å². The van der Waals surface area contributed by atoms with Crippen LogP contribution in [0.5, 0.6) is 0 Å². The summed E-state index contributed by atoms with van der Waals surface area (Å²) in [4.78, 5) is 0. The number of rotatable bonds is 2. The van der Waals surface area contributed by atoms with Gasteiger partial charge in [0.2, 0.25) is 0 Å². The monoisotopic (exact) mass is 158 g/mol. The summed E-state index contributed by atoms with van der Waals surface area (Å²) in [6.07, 6.45) is 5.28. The minimum atomic E-state index is 0. The van der Waals surface area contributed by atoms with Crippen LogP contribution in [0.15, 0.2) is 0 Å². The summed E-state index contributed by atoms with van der Waals surface area (Å²) in [5.74, 6) is 0. The molecule has 0 bridgehead atoms. The Hall–Kier alpha value is 1.13. The minimum absolute atomic E-state index is 0. The average molecular weight is 158 g/mol. The summed E-state index contributed by atoms with van der Waals surface area (Å²) in [5, 5.41) is 0. The molecule has 0 rings (SSSR count). The van der Waals surface area contributed by atoms with Crippen molar-refractivity contribution in [1.29, 1.82) is 0 Å². The van der Waals surface area contributed by atoms with E-state index >= 15 is 0 Å². The van der Waals surface area contributed by atoms with E-state index in [2.05, 4.69) is 27.7 Å². The van der Waals surface area contributed by atoms with Gasteiger partial charge in [0, 0.05) is 2.85 Å². The first-order valence-corrected chi connectivity index (χ1v) is 3.83. The number of unbranched alkanes of at least 4 members (excludes halogenated alkanes) is 2. The maximum absolute atomic E-state index is 2.18. The number of hydrogen-bond donors (Lipinski definition) is 0. The van der Waals surface area contributed by atoms with Gasteiger partial charge in [-0.25, -0.2) is 0 Å². The van der Waals surface area contributed by atoms with Crippen molar-refractivity contribution in [3.63, 3.8) is 0 Å². The fraction of sp³-hybridized carbons (Fsp3) is 1.00. The van der Waals surface area contributed by atoms with Crippen molar-refractivity contribution < 1.29 is 2.85 Å². The second-order valence-corrected chi connectivity index (χ2v) is 2.00. The molecule has 0 N–H and O–H groups in total. The summed E-state index contributed by atoms with van der Waals surface area (Å²) < 4.78 is 0. The van der Waals surface area contributed by atoms with Gasteiger partial charge in [-0.15, -0.1) is 0 Å². The molecule has 0 heterocycles. The Morgan fingerprint density at radius 2 is 0.800 bits per heavy atom. The molecule has 0 atom stereocenters. The van der Waals surface area contributed by atoms with Gasteiger partial charge in [-0.1, -0.05) is 53.4 Å². The van der Waals surface area contributed by atoms with E-state index in [1.165, 1.54) is 25.7 Å². The molecule has 0 nitrogen and oxygen atoms in total. The standard InChI is InChI=1S/2C4H10.Al.Li.2H2.4H/c2*1-3-4-2;;;;;;;;/h2*3-4H2,1-2H3;;;2*1H;;;;. The van der Waals surface area contributed by atoms with E-state index in [0.29, 0.717) is 0 Å². The van der Waals surface area contributed by atoms with Crippen LogP contribution in [-0.2, 0) is 0 Å². The van der Waals surface area contributed by atoms with Gasteiger partial charge in [0.05, 0.1) is 0 Å². The van der Waals surface area contributed by atoms with E-state index in [4.69, 9.17) is 0 Å². The van der Waals surface area contributed by atoms with E-state index < -0.39 is 0 Å². The summed E-state index contributed by atoms with van der Waals surface area (Å²) in [7, 11) is 0. The van der Waals surface area contributed by atoms with Crippen LogP contribution in [0.1, 0.15) is 56.2 Å². The summed E-state index contributed by atoms with van der Waals surface area (Å²) in [6.45, 7) is 8.72. The van der Waals surface area contributed by atoms with Gasteiger partial charge in [-0.3, -0.25) is 0 Å². The molecule has 0 saturated carbocycles.